The molecule has 0 radical (unpaired) electrons. The van der Waals surface area contributed by atoms with Crippen molar-refractivity contribution in [3.8, 4) is 0 Å². The lowest BCUT2D eigenvalue weighted by atomic mass is 9.96. The maximum atomic E-state index is 11.3. The van der Waals surface area contributed by atoms with Gasteiger partial charge in [0.1, 0.15) is 0 Å². The van der Waals surface area contributed by atoms with E-state index in [-0.39, 0.29) is 12.3 Å². The third-order valence-electron chi connectivity index (χ3n) is 2.31. The number of nitro groups is 1. The van der Waals surface area contributed by atoms with Gasteiger partial charge in [-0.2, -0.15) is 0 Å². The number of rotatable bonds is 7. The fraction of sp³-hybridized carbons (Fsp3) is 0.667. The highest BCUT2D eigenvalue weighted by Crippen LogP contribution is 2.19. The van der Waals surface area contributed by atoms with Crippen molar-refractivity contribution < 1.29 is 19.2 Å². The van der Waals surface area contributed by atoms with Gasteiger partial charge in [-0.25, -0.2) is 0 Å². The minimum Gasteiger partial charge on any atom is -0.393 e. The number of carbonyl (C=O) groups excluding carboxylic acids is 2. The van der Waals surface area contributed by atoms with Crippen molar-refractivity contribution in [3.63, 3.8) is 0 Å². The molecule has 0 aliphatic heterocycles. The van der Waals surface area contributed by atoms with E-state index in [1.807, 2.05) is 13.8 Å². The van der Waals surface area contributed by atoms with Crippen LogP contribution in [0.1, 0.15) is 46.5 Å². The second-order valence-corrected chi connectivity index (χ2v) is 4.31. The highest BCUT2D eigenvalue weighted by Gasteiger charge is 2.15. The molecule has 0 aliphatic carbocycles. The highest BCUT2D eigenvalue weighted by molar-refractivity contribution is 5.85. The van der Waals surface area contributed by atoms with Gasteiger partial charge in [0.2, 0.25) is 6.20 Å². The quantitative estimate of drug-likeness (QED) is 0.302. The Labute approximate surface area is 106 Å². The van der Waals surface area contributed by atoms with Gasteiger partial charge < -0.3 is 4.74 Å². The average Bonchev–Trinajstić information content (AvgIpc) is 2.14. The monoisotopic (exact) mass is 257 g/mol. The Hall–Kier alpha value is -1.72. The summed E-state index contributed by atoms with van der Waals surface area (Å²) in [6.07, 6.45) is 2.98. The minimum atomic E-state index is -0.751. The molecule has 0 aromatic heterocycles. The Balaban J connectivity index is 4.55. The SMILES string of the molecule is CCCC(C)CC(=C[N+](=O)[O-])CC(=O)OC(C)=O. The summed E-state index contributed by atoms with van der Waals surface area (Å²) in [5, 5.41) is 10.5. The molecule has 18 heavy (non-hydrogen) atoms. The predicted molar refractivity (Wildman–Crippen MR) is 65.2 cm³/mol. The molecule has 1 atom stereocenters. The van der Waals surface area contributed by atoms with E-state index in [2.05, 4.69) is 4.74 Å². The molecule has 0 heterocycles. The molecule has 0 spiro atoms. The van der Waals surface area contributed by atoms with Crippen molar-refractivity contribution in [3.05, 3.63) is 21.9 Å². The van der Waals surface area contributed by atoms with Crippen LogP contribution in [0, 0.1) is 16.0 Å². The van der Waals surface area contributed by atoms with Crippen molar-refractivity contribution in [1.29, 1.82) is 0 Å². The Kier molecular flexibility index (Phi) is 7.58. The zero-order valence-corrected chi connectivity index (χ0v) is 11.0. The summed E-state index contributed by atoms with van der Waals surface area (Å²) in [5.74, 6) is -1.20. The molecule has 0 aromatic carbocycles. The Morgan fingerprint density at radius 3 is 2.50 bits per heavy atom. The molecule has 0 amide bonds. The molecule has 0 saturated heterocycles. The van der Waals surface area contributed by atoms with E-state index in [4.69, 9.17) is 0 Å². The molecule has 0 N–H and O–H groups in total. The Morgan fingerprint density at radius 1 is 1.44 bits per heavy atom. The largest absolute Gasteiger partial charge is 0.393 e. The lowest BCUT2D eigenvalue weighted by Crippen LogP contribution is -2.11. The van der Waals surface area contributed by atoms with E-state index in [1.54, 1.807) is 0 Å². The molecular formula is C12H19NO5. The van der Waals surface area contributed by atoms with Gasteiger partial charge in [-0.1, -0.05) is 26.7 Å². The molecule has 1 unspecified atom stereocenters. The first kappa shape index (κ1) is 16.3. The van der Waals surface area contributed by atoms with Crippen LogP contribution in [0.3, 0.4) is 0 Å². The van der Waals surface area contributed by atoms with E-state index >= 15 is 0 Å². The van der Waals surface area contributed by atoms with Gasteiger partial charge in [0.05, 0.1) is 11.3 Å². The summed E-state index contributed by atoms with van der Waals surface area (Å²) in [4.78, 5) is 31.7. The average molecular weight is 257 g/mol. The number of esters is 2. The Morgan fingerprint density at radius 2 is 2.06 bits per heavy atom. The molecule has 0 saturated carbocycles. The lowest BCUT2D eigenvalue weighted by molar-refractivity contribution is -0.403. The van der Waals surface area contributed by atoms with E-state index < -0.39 is 16.9 Å². The summed E-state index contributed by atoms with van der Waals surface area (Å²) in [6, 6.07) is 0. The second-order valence-electron chi connectivity index (χ2n) is 4.31. The van der Waals surface area contributed by atoms with Gasteiger partial charge in [0.15, 0.2) is 0 Å². The standard InChI is InChI=1S/C12H19NO5/c1-4-5-9(2)6-11(8-13(16)17)7-12(15)18-10(3)14/h8-9H,4-7H2,1-3H3. The van der Waals surface area contributed by atoms with E-state index in [9.17, 15) is 19.7 Å². The van der Waals surface area contributed by atoms with E-state index in [1.165, 1.54) is 0 Å². The smallest absolute Gasteiger partial charge is 0.317 e. The maximum Gasteiger partial charge on any atom is 0.317 e. The van der Waals surface area contributed by atoms with Gasteiger partial charge in [0.25, 0.3) is 0 Å². The molecule has 0 rings (SSSR count). The van der Waals surface area contributed by atoms with Crippen LogP contribution in [0.15, 0.2) is 11.8 Å². The van der Waals surface area contributed by atoms with Crippen LogP contribution in [0.25, 0.3) is 0 Å². The van der Waals surface area contributed by atoms with Gasteiger partial charge >= 0.3 is 11.9 Å². The summed E-state index contributed by atoms with van der Waals surface area (Å²) >= 11 is 0. The highest BCUT2D eigenvalue weighted by atomic mass is 16.6. The van der Waals surface area contributed by atoms with Crippen LogP contribution < -0.4 is 0 Å². The van der Waals surface area contributed by atoms with Crippen LogP contribution in [0.5, 0.6) is 0 Å². The van der Waals surface area contributed by atoms with E-state index in [0.29, 0.717) is 12.0 Å². The van der Waals surface area contributed by atoms with Crippen LogP contribution in [0.4, 0.5) is 0 Å². The van der Waals surface area contributed by atoms with Gasteiger partial charge in [-0.05, 0) is 12.3 Å². The van der Waals surface area contributed by atoms with Crippen LogP contribution >= 0.6 is 0 Å². The van der Waals surface area contributed by atoms with Crippen molar-refractivity contribution in [2.45, 2.75) is 46.5 Å². The fourth-order valence-electron chi connectivity index (χ4n) is 1.74. The summed E-state index contributed by atoms with van der Waals surface area (Å²) in [7, 11) is 0. The molecule has 0 aromatic rings. The van der Waals surface area contributed by atoms with E-state index in [0.717, 1.165) is 26.0 Å². The van der Waals surface area contributed by atoms with Gasteiger partial charge in [0, 0.05) is 12.5 Å². The normalized spacial score (nSPS) is 12.9. The van der Waals surface area contributed by atoms with Crippen LogP contribution in [0.2, 0.25) is 0 Å². The third kappa shape index (κ3) is 8.43. The minimum absolute atomic E-state index is 0.214. The molecule has 0 aliphatic rings. The molecular weight excluding hydrogens is 238 g/mol. The summed E-state index contributed by atoms with van der Waals surface area (Å²) in [5.41, 5.74) is 0.382. The molecule has 102 valence electrons. The first-order valence-corrected chi connectivity index (χ1v) is 5.89. The van der Waals surface area contributed by atoms with Gasteiger partial charge in [-0.15, -0.1) is 0 Å². The van der Waals surface area contributed by atoms with Crippen LogP contribution in [-0.4, -0.2) is 16.9 Å². The fourth-order valence-corrected chi connectivity index (χ4v) is 1.74. The van der Waals surface area contributed by atoms with Crippen molar-refractivity contribution in [2.24, 2.45) is 5.92 Å². The number of carbonyl (C=O) groups is 2. The molecule has 0 bridgehead atoms. The van der Waals surface area contributed by atoms with Crippen LogP contribution in [-0.2, 0) is 14.3 Å². The number of hydrogen-bond acceptors (Lipinski definition) is 5. The molecule has 0 fully saturated rings. The Bertz CT molecular complexity index is 348. The number of nitrogens with zero attached hydrogens (tertiary/aromatic N) is 1. The zero-order valence-electron chi connectivity index (χ0n) is 11.0. The summed E-state index contributed by atoms with van der Waals surface area (Å²) in [6.45, 7) is 5.11. The second kappa shape index (κ2) is 8.38. The topological polar surface area (TPSA) is 86.5 Å². The maximum absolute atomic E-state index is 11.3. The summed E-state index contributed by atoms with van der Waals surface area (Å²) < 4.78 is 4.36. The molecule has 6 nitrogen and oxygen atoms in total. The lowest BCUT2D eigenvalue weighted by Gasteiger charge is -2.10. The van der Waals surface area contributed by atoms with Crippen molar-refractivity contribution in [2.75, 3.05) is 0 Å². The number of ether oxygens (including phenoxy) is 1. The number of hydrogen-bond donors (Lipinski definition) is 0. The first-order valence-electron chi connectivity index (χ1n) is 5.89. The zero-order chi connectivity index (χ0) is 14.1. The predicted octanol–water partition coefficient (Wildman–Crippen LogP) is 2.45. The first-order chi connectivity index (χ1) is 8.35. The van der Waals surface area contributed by atoms with Crippen molar-refractivity contribution in [1.82, 2.24) is 0 Å². The van der Waals surface area contributed by atoms with Crippen molar-refractivity contribution >= 4 is 11.9 Å². The molecule has 6 heteroatoms. The van der Waals surface area contributed by atoms with Gasteiger partial charge in [-0.3, -0.25) is 19.7 Å². The third-order valence-corrected chi connectivity index (χ3v) is 2.31.